The Morgan fingerprint density at radius 1 is 1.23 bits per heavy atom. The van der Waals surface area contributed by atoms with Gasteiger partial charge in [0.15, 0.2) is 11.5 Å². The molecule has 1 aliphatic heterocycles. The Hall–Kier alpha value is -3.67. The number of hydrogen-bond donors (Lipinski definition) is 2. The third-order valence-electron chi connectivity index (χ3n) is 5.68. The fourth-order valence-electron chi connectivity index (χ4n) is 3.85. The summed E-state index contributed by atoms with van der Waals surface area (Å²) in [6, 6.07) is 4.88. The van der Waals surface area contributed by atoms with Crippen LogP contribution in [0.1, 0.15) is 35.8 Å². The molecular formula is C23H24F3N5O4. The number of carbonyl (C=O) groups is 2. The van der Waals surface area contributed by atoms with E-state index in [0.29, 0.717) is 24.0 Å². The van der Waals surface area contributed by atoms with Crippen molar-refractivity contribution >= 4 is 22.7 Å². The Labute approximate surface area is 198 Å². The molecule has 4 rings (SSSR count). The first kappa shape index (κ1) is 24.5. The molecule has 0 radical (unpaired) electrons. The molecule has 1 aromatic carbocycles. The summed E-state index contributed by atoms with van der Waals surface area (Å²) in [5.41, 5.74) is 4.96. The molecule has 9 nitrogen and oxygen atoms in total. The van der Waals surface area contributed by atoms with Gasteiger partial charge in [-0.2, -0.15) is 13.2 Å². The van der Waals surface area contributed by atoms with E-state index in [1.165, 1.54) is 19.2 Å². The summed E-state index contributed by atoms with van der Waals surface area (Å²) >= 11 is 0. The van der Waals surface area contributed by atoms with Crippen LogP contribution in [-0.4, -0.2) is 52.9 Å². The van der Waals surface area contributed by atoms with Crippen LogP contribution in [0.4, 0.5) is 13.2 Å². The molecule has 3 aromatic rings. The molecule has 0 atom stereocenters. The lowest BCUT2D eigenvalue weighted by Gasteiger charge is -2.40. The van der Waals surface area contributed by atoms with Crippen molar-refractivity contribution in [2.75, 3.05) is 20.2 Å². The highest BCUT2D eigenvalue weighted by molar-refractivity contribution is 5.98. The van der Waals surface area contributed by atoms with E-state index in [2.05, 4.69) is 15.3 Å². The van der Waals surface area contributed by atoms with Crippen LogP contribution in [0.3, 0.4) is 0 Å². The van der Waals surface area contributed by atoms with Gasteiger partial charge in [0.05, 0.1) is 19.7 Å². The van der Waals surface area contributed by atoms with E-state index < -0.39 is 17.8 Å². The minimum atomic E-state index is -4.63. The maximum absolute atomic E-state index is 13.2. The van der Waals surface area contributed by atoms with Gasteiger partial charge in [-0.05, 0) is 24.3 Å². The molecule has 12 heteroatoms. The van der Waals surface area contributed by atoms with Crippen LogP contribution in [-0.2, 0) is 17.5 Å². The van der Waals surface area contributed by atoms with Gasteiger partial charge in [-0.3, -0.25) is 9.59 Å². The SMILES string of the molecule is COc1ccc(-c2nc(C(=O)NC3CN(C(=O)C(C)C)C3)c(CN)o2)c2ccc(C(F)(F)F)nc12. The summed E-state index contributed by atoms with van der Waals surface area (Å²) in [6.07, 6.45) is -4.63. The Bertz CT molecular complexity index is 1280. The number of benzene rings is 1. The first-order valence-corrected chi connectivity index (χ1v) is 10.9. The minimum absolute atomic E-state index is 0.00929. The Morgan fingerprint density at radius 2 is 1.94 bits per heavy atom. The van der Waals surface area contributed by atoms with Crippen LogP contribution < -0.4 is 15.8 Å². The lowest BCUT2D eigenvalue weighted by atomic mass is 10.1. The average Bonchev–Trinajstić information content (AvgIpc) is 3.23. The number of aromatic nitrogens is 2. The number of alkyl halides is 3. The van der Waals surface area contributed by atoms with Gasteiger partial charge < -0.3 is 25.1 Å². The number of carbonyl (C=O) groups excluding carboxylic acids is 2. The second-order valence-electron chi connectivity index (χ2n) is 8.47. The van der Waals surface area contributed by atoms with Crippen molar-refractivity contribution in [1.29, 1.82) is 0 Å². The monoisotopic (exact) mass is 491 g/mol. The molecule has 186 valence electrons. The van der Waals surface area contributed by atoms with E-state index in [4.69, 9.17) is 14.9 Å². The number of likely N-dealkylation sites (tertiary alicyclic amines) is 1. The summed E-state index contributed by atoms with van der Waals surface area (Å²) in [5, 5.41) is 3.11. The van der Waals surface area contributed by atoms with Gasteiger partial charge in [-0.25, -0.2) is 9.97 Å². The zero-order chi connectivity index (χ0) is 25.5. The summed E-state index contributed by atoms with van der Waals surface area (Å²) in [6.45, 7) is 4.27. The number of nitrogens with one attached hydrogen (secondary N) is 1. The van der Waals surface area contributed by atoms with Gasteiger partial charge in [-0.15, -0.1) is 0 Å². The molecule has 2 amide bonds. The number of ether oxygens (including phenoxy) is 1. The molecule has 0 saturated carbocycles. The van der Waals surface area contributed by atoms with Crippen LogP contribution in [0.2, 0.25) is 0 Å². The van der Waals surface area contributed by atoms with Gasteiger partial charge in [0.1, 0.15) is 17.0 Å². The first-order valence-electron chi connectivity index (χ1n) is 10.9. The fraction of sp³-hybridized carbons (Fsp3) is 0.391. The number of oxazole rings is 1. The lowest BCUT2D eigenvalue weighted by Crippen LogP contribution is -2.61. The predicted molar refractivity (Wildman–Crippen MR) is 119 cm³/mol. The van der Waals surface area contributed by atoms with Crippen LogP contribution in [0.15, 0.2) is 28.7 Å². The summed E-state index contributed by atoms with van der Waals surface area (Å²) in [4.78, 5) is 34.5. The van der Waals surface area contributed by atoms with Gasteiger partial charge in [0, 0.05) is 30.0 Å². The molecular weight excluding hydrogens is 467 g/mol. The van der Waals surface area contributed by atoms with Crippen molar-refractivity contribution in [3.63, 3.8) is 0 Å². The number of nitrogens with zero attached hydrogens (tertiary/aromatic N) is 3. The second-order valence-corrected chi connectivity index (χ2v) is 8.47. The number of pyridine rings is 1. The topological polar surface area (TPSA) is 124 Å². The predicted octanol–water partition coefficient (Wildman–Crippen LogP) is 2.97. The smallest absolute Gasteiger partial charge is 0.433 e. The number of nitrogens with two attached hydrogens (primary N) is 1. The van der Waals surface area contributed by atoms with Crippen molar-refractivity contribution in [2.45, 2.75) is 32.6 Å². The number of hydrogen-bond acceptors (Lipinski definition) is 7. The third kappa shape index (κ3) is 4.65. The van der Waals surface area contributed by atoms with Gasteiger partial charge in [0.2, 0.25) is 11.8 Å². The van der Waals surface area contributed by atoms with Gasteiger partial charge >= 0.3 is 6.18 Å². The third-order valence-corrected chi connectivity index (χ3v) is 5.68. The standard InChI is InChI=1S/C23H24F3N5O4/c1-11(2)22(33)31-9-12(10-31)28-20(32)19-16(8-27)35-21(30-19)14-4-6-15(34-3)18-13(14)5-7-17(29-18)23(24,25)26/h4-7,11-12H,8-10,27H2,1-3H3,(H,28,32). The van der Waals surface area contributed by atoms with E-state index in [-0.39, 0.29) is 53.0 Å². The largest absolute Gasteiger partial charge is 0.494 e. The van der Waals surface area contributed by atoms with E-state index >= 15 is 0 Å². The van der Waals surface area contributed by atoms with Crippen molar-refractivity contribution in [1.82, 2.24) is 20.2 Å². The van der Waals surface area contributed by atoms with Crippen LogP contribution >= 0.6 is 0 Å². The van der Waals surface area contributed by atoms with E-state index in [1.54, 1.807) is 24.8 Å². The summed E-state index contributed by atoms with van der Waals surface area (Å²) in [7, 11) is 1.33. The summed E-state index contributed by atoms with van der Waals surface area (Å²) in [5.74, 6) is -0.364. The summed E-state index contributed by atoms with van der Waals surface area (Å²) < 4.78 is 50.5. The van der Waals surface area contributed by atoms with Crippen LogP contribution in [0, 0.1) is 5.92 Å². The maximum atomic E-state index is 13.2. The second kappa shape index (κ2) is 9.17. The minimum Gasteiger partial charge on any atom is -0.494 e. The molecule has 0 unspecified atom stereocenters. The molecule has 0 bridgehead atoms. The quantitative estimate of drug-likeness (QED) is 0.543. The zero-order valence-corrected chi connectivity index (χ0v) is 19.3. The van der Waals surface area contributed by atoms with Crippen molar-refractivity contribution in [3.8, 4) is 17.2 Å². The fourth-order valence-corrected chi connectivity index (χ4v) is 3.85. The molecule has 2 aromatic heterocycles. The van der Waals surface area contributed by atoms with E-state index in [9.17, 15) is 22.8 Å². The van der Waals surface area contributed by atoms with E-state index in [1.807, 2.05) is 0 Å². The number of amides is 2. The molecule has 3 N–H and O–H groups in total. The molecule has 3 heterocycles. The lowest BCUT2D eigenvalue weighted by molar-refractivity contribution is -0.141. The molecule has 1 fully saturated rings. The van der Waals surface area contributed by atoms with Gasteiger partial charge in [-0.1, -0.05) is 13.8 Å². The molecule has 0 aliphatic carbocycles. The highest BCUT2D eigenvalue weighted by atomic mass is 19.4. The van der Waals surface area contributed by atoms with Crippen molar-refractivity contribution in [2.24, 2.45) is 11.7 Å². The van der Waals surface area contributed by atoms with Crippen molar-refractivity contribution < 1.29 is 31.9 Å². The first-order chi connectivity index (χ1) is 16.5. The van der Waals surface area contributed by atoms with Crippen LogP contribution in [0.25, 0.3) is 22.4 Å². The average molecular weight is 491 g/mol. The zero-order valence-electron chi connectivity index (χ0n) is 19.3. The van der Waals surface area contributed by atoms with Crippen LogP contribution in [0.5, 0.6) is 5.75 Å². The highest BCUT2D eigenvalue weighted by Crippen LogP contribution is 2.37. The Kier molecular flexibility index (Phi) is 6.41. The normalized spacial score (nSPS) is 14.3. The highest BCUT2D eigenvalue weighted by Gasteiger charge is 2.35. The molecule has 0 spiro atoms. The molecule has 1 aliphatic rings. The van der Waals surface area contributed by atoms with E-state index in [0.717, 1.165) is 6.07 Å². The number of fused-ring (bicyclic) bond motifs is 1. The molecule has 1 saturated heterocycles. The Balaban J connectivity index is 1.63. The number of halogens is 3. The Morgan fingerprint density at radius 3 is 2.54 bits per heavy atom. The maximum Gasteiger partial charge on any atom is 0.433 e. The van der Waals surface area contributed by atoms with Gasteiger partial charge in [0.25, 0.3) is 5.91 Å². The molecule has 35 heavy (non-hydrogen) atoms. The number of rotatable bonds is 6. The number of methoxy groups -OCH3 is 1. The van der Waals surface area contributed by atoms with Crippen molar-refractivity contribution in [3.05, 3.63) is 41.4 Å².